The highest BCUT2D eigenvalue weighted by atomic mass is 16.1. The average Bonchev–Trinajstić information content (AvgIpc) is 2.30. The summed E-state index contributed by atoms with van der Waals surface area (Å²) in [5.41, 5.74) is 1.25. The molecule has 1 aromatic rings. The van der Waals surface area contributed by atoms with Crippen molar-refractivity contribution in [1.29, 1.82) is 0 Å². The monoisotopic (exact) mass is 220 g/mol. The maximum Gasteiger partial charge on any atom is 0.221 e. The summed E-state index contributed by atoms with van der Waals surface area (Å²) >= 11 is 0. The largest absolute Gasteiger partial charge is 0.356 e. The molecular weight excluding hydrogens is 200 g/mol. The van der Waals surface area contributed by atoms with E-state index in [1.54, 1.807) is 0 Å². The molecule has 0 radical (unpaired) electrons. The molecule has 1 amide bonds. The SMILES string of the molecule is CCNC(=O)CCN[C@@H](C)c1ccccc1. The van der Waals surface area contributed by atoms with E-state index >= 15 is 0 Å². The third kappa shape index (κ3) is 4.45. The number of carbonyl (C=O) groups excluding carboxylic acids is 1. The van der Waals surface area contributed by atoms with E-state index in [4.69, 9.17) is 0 Å². The molecule has 0 aromatic heterocycles. The smallest absolute Gasteiger partial charge is 0.221 e. The fourth-order valence-corrected chi connectivity index (χ4v) is 1.55. The van der Waals surface area contributed by atoms with E-state index in [2.05, 4.69) is 29.7 Å². The summed E-state index contributed by atoms with van der Waals surface area (Å²) in [7, 11) is 0. The summed E-state index contributed by atoms with van der Waals surface area (Å²) in [4.78, 5) is 11.2. The summed E-state index contributed by atoms with van der Waals surface area (Å²) in [6.07, 6.45) is 0.533. The van der Waals surface area contributed by atoms with Crippen molar-refractivity contribution in [3.05, 3.63) is 35.9 Å². The van der Waals surface area contributed by atoms with E-state index in [1.165, 1.54) is 5.56 Å². The number of nitrogens with one attached hydrogen (secondary N) is 2. The van der Waals surface area contributed by atoms with Gasteiger partial charge in [-0.2, -0.15) is 0 Å². The Labute approximate surface area is 97.2 Å². The van der Waals surface area contributed by atoms with Crippen LogP contribution in [0.2, 0.25) is 0 Å². The second-order valence-electron chi connectivity index (χ2n) is 3.79. The minimum atomic E-state index is 0.107. The van der Waals surface area contributed by atoms with Crippen molar-refractivity contribution in [2.75, 3.05) is 13.1 Å². The van der Waals surface area contributed by atoms with Crippen molar-refractivity contribution in [2.24, 2.45) is 0 Å². The van der Waals surface area contributed by atoms with E-state index in [0.29, 0.717) is 19.5 Å². The number of amides is 1. The van der Waals surface area contributed by atoms with Gasteiger partial charge in [-0.3, -0.25) is 4.79 Å². The normalized spacial score (nSPS) is 12.1. The highest BCUT2D eigenvalue weighted by molar-refractivity contribution is 5.75. The Kier molecular flexibility index (Phi) is 5.57. The van der Waals surface area contributed by atoms with Gasteiger partial charge in [-0.15, -0.1) is 0 Å². The first-order valence-corrected chi connectivity index (χ1v) is 5.79. The Morgan fingerprint density at radius 2 is 2.00 bits per heavy atom. The number of carbonyl (C=O) groups is 1. The number of hydrogen-bond donors (Lipinski definition) is 2. The molecule has 3 heteroatoms. The van der Waals surface area contributed by atoms with Gasteiger partial charge in [-0.25, -0.2) is 0 Å². The Hall–Kier alpha value is -1.35. The van der Waals surface area contributed by atoms with Crippen molar-refractivity contribution in [3.63, 3.8) is 0 Å². The fourth-order valence-electron chi connectivity index (χ4n) is 1.55. The Bertz CT molecular complexity index is 311. The van der Waals surface area contributed by atoms with Crippen LogP contribution >= 0.6 is 0 Å². The summed E-state index contributed by atoms with van der Waals surface area (Å²) < 4.78 is 0. The van der Waals surface area contributed by atoms with E-state index in [1.807, 2.05) is 25.1 Å². The van der Waals surface area contributed by atoms with Crippen molar-refractivity contribution < 1.29 is 4.79 Å². The quantitative estimate of drug-likeness (QED) is 0.768. The predicted octanol–water partition coefficient (Wildman–Crippen LogP) is 1.86. The molecule has 0 aliphatic carbocycles. The predicted molar refractivity (Wildman–Crippen MR) is 66.2 cm³/mol. The van der Waals surface area contributed by atoms with Crippen LogP contribution in [0.1, 0.15) is 31.9 Å². The zero-order chi connectivity index (χ0) is 11.8. The zero-order valence-corrected chi connectivity index (χ0v) is 9.99. The second-order valence-corrected chi connectivity index (χ2v) is 3.79. The number of hydrogen-bond acceptors (Lipinski definition) is 2. The molecule has 0 heterocycles. The minimum Gasteiger partial charge on any atom is -0.356 e. The molecule has 0 aliphatic rings. The highest BCUT2D eigenvalue weighted by Gasteiger charge is 2.04. The third-order valence-electron chi connectivity index (χ3n) is 2.48. The van der Waals surface area contributed by atoms with Crippen LogP contribution in [0.3, 0.4) is 0 Å². The van der Waals surface area contributed by atoms with Crippen molar-refractivity contribution in [3.8, 4) is 0 Å². The molecule has 16 heavy (non-hydrogen) atoms. The van der Waals surface area contributed by atoms with Crippen LogP contribution in [-0.2, 0) is 4.79 Å². The lowest BCUT2D eigenvalue weighted by Gasteiger charge is -2.13. The van der Waals surface area contributed by atoms with Gasteiger partial charge in [0.1, 0.15) is 0 Å². The lowest BCUT2D eigenvalue weighted by Crippen LogP contribution is -2.28. The van der Waals surface area contributed by atoms with Gasteiger partial charge in [0.2, 0.25) is 5.91 Å². The molecule has 0 aliphatic heterocycles. The molecule has 0 saturated heterocycles. The summed E-state index contributed by atoms with van der Waals surface area (Å²) in [6.45, 7) is 5.44. The molecule has 0 fully saturated rings. The van der Waals surface area contributed by atoms with Gasteiger partial charge < -0.3 is 10.6 Å². The molecule has 0 unspecified atom stereocenters. The molecule has 0 saturated carbocycles. The summed E-state index contributed by atoms with van der Waals surface area (Å²) in [5.74, 6) is 0.107. The molecule has 2 N–H and O–H groups in total. The minimum absolute atomic E-state index is 0.107. The average molecular weight is 220 g/mol. The van der Waals surface area contributed by atoms with Gasteiger partial charge in [-0.1, -0.05) is 30.3 Å². The maximum atomic E-state index is 11.2. The van der Waals surface area contributed by atoms with Crippen LogP contribution in [0.4, 0.5) is 0 Å². The Morgan fingerprint density at radius 3 is 2.62 bits per heavy atom. The molecule has 3 nitrogen and oxygen atoms in total. The fraction of sp³-hybridized carbons (Fsp3) is 0.462. The third-order valence-corrected chi connectivity index (χ3v) is 2.48. The summed E-state index contributed by atoms with van der Waals surface area (Å²) in [5, 5.41) is 6.11. The van der Waals surface area contributed by atoms with Crippen LogP contribution in [-0.4, -0.2) is 19.0 Å². The molecule has 1 atom stereocenters. The van der Waals surface area contributed by atoms with Crippen LogP contribution in [0.15, 0.2) is 30.3 Å². The van der Waals surface area contributed by atoms with Crippen molar-refractivity contribution in [1.82, 2.24) is 10.6 Å². The van der Waals surface area contributed by atoms with Crippen LogP contribution in [0.25, 0.3) is 0 Å². The van der Waals surface area contributed by atoms with Gasteiger partial charge >= 0.3 is 0 Å². The first-order chi connectivity index (χ1) is 7.74. The van der Waals surface area contributed by atoms with Crippen molar-refractivity contribution >= 4 is 5.91 Å². The lowest BCUT2D eigenvalue weighted by atomic mass is 10.1. The van der Waals surface area contributed by atoms with E-state index in [-0.39, 0.29) is 11.9 Å². The first kappa shape index (κ1) is 12.7. The number of rotatable bonds is 6. The topological polar surface area (TPSA) is 41.1 Å². The molecule has 1 aromatic carbocycles. The molecule has 0 bridgehead atoms. The first-order valence-electron chi connectivity index (χ1n) is 5.79. The van der Waals surface area contributed by atoms with E-state index in [0.717, 1.165) is 0 Å². The Balaban J connectivity index is 2.26. The van der Waals surface area contributed by atoms with Gasteiger partial charge in [0, 0.05) is 25.6 Å². The Morgan fingerprint density at radius 1 is 1.31 bits per heavy atom. The zero-order valence-electron chi connectivity index (χ0n) is 9.99. The van der Waals surface area contributed by atoms with Gasteiger partial charge in [-0.05, 0) is 19.4 Å². The highest BCUT2D eigenvalue weighted by Crippen LogP contribution is 2.10. The maximum absolute atomic E-state index is 11.2. The van der Waals surface area contributed by atoms with Crippen LogP contribution in [0, 0.1) is 0 Å². The molecule has 1 rings (SSSR count). The second kappa shape index (κ2) is 7.01. The van der Waals surface area contributed by atoms with Gasteiger partial charge in [0.25, 0.3) is 0 Å². The van der Waals surface area contributed by atoms with E-state index < -0.39 is 0 Å². The van der Waals surface area contributed by atoms with Gasteiger partial charge in [0.05, 0.1) is 0 Å². The summed E-state index contributed by atoms with van der Waals surface area (Å²) in [6, 6.07) is 10.5. The van der Waals surface area contributed by atoms with E-state index in [9.17, 15) is 4.79 Å². The van der Waals surface area contributed by atoms with Crippen molar-refractivity contribution in [2.45, 2.75) is 26.3 Å². The molecule has 88 valence electrons. The lowest BCUT2D eigenvalue weighted by molar-refractivity contribution is -0.120. The molecule has 0 spiro atoms. The number of benzene rings is 1. The van der Waals surface area contributed by atoms with Crippen LogP contribution < -0.4 is 10.6 Å². The standard InChI is InChI=1S/C13H20N2O/c1-3-14-13(16)9-10-15-11(2)12-7-5-4-6-8-12/h4-8,11,15H,3,9-10H2,1-2H3,(H,14,16)/t11-/m0/s1. The molecular formula is C13H20N2O. The van der Waals surface area contributed by atoms with Crippen LogP contribution in [0.5, 0.6) is 0 Å². The van der Waals surface area contributed by atoms with Gasteiger partial charge in [0.15, 0.2) is 0 Å².